The van der Waals surface area contributed by atoms with Crippen LogP contribution in [0, 0.1) is 0 Å². The van der Waals surface area contributed by atoms with Crippen molar-refractivity contribution >= 4 is 0 Å². The van der Waals surface area contributed by atoms with E-state index >= 15 is 0 Å². The quantitative estimate of drug-likeness (QED) is 0.767. The zero-order valence-corrected chi connectivity index (χ0v) is 10.4. The maximum absolute atomic E-state index is 4.25. The Labute approximate surface area is 98.3 Å². The molecule has 1 atom stereocenters. The van der Waals surface area contributed by atoms with Crippen molar-refractivity contribution in [3.8, 4) is 0 Å². The van der Waals surface area contributed by atoms with E-state index in [0.717, 1.165) is 12.6 Å². The van der Waals surface area contributed by atoms with Gasteiger partial charge in [0, 0.05) is 24.8 Å². The van der Waals surface area contributed by atoms with Gasteiger partial charge >= 0.3 is 0 Å². The zero-order valence-electron chi connectivity index (χ0n) is 10.4. The maximum Gasteiger partial charge on any atom is 0.0951 e. The van der Waals surface area contributed by atoms with Crippen LogP contribution in [-0.2, 0) is 6.54 Å². The molecule has 1 fully saturated rings. The molecule has 16 heavy (non-hydrogen) atoms. The van der Waals surface area contributed by atoms with E-state index in [9.17, 15) is 0 Å². The van der Waals surface area contributed by atoms with E-state index in [-0.39, 0.29) is 0 Å². The van der Waals surface area contributed by atoms with Crippen molar-refractivity contribution in [2.45, 2.75) is 64.6 Å². The van der Waals surface area contributed by atoms with E-state index in [2.05, 4.69) is 28.7 Å². The van der Waals surface area contributed by atoms with Crippen LogP contribution in [0.15, 0.2) is 12.5 Å². The first-order valence-corrected chi connectivity index (χ1v) is 6.55. The predicted molar refractivity (Wildman–Crippen MR) is 66.3 cm³/mol. The first kappa shape index (κ1) is 11.6. The van der Waals surface area contributed by atoms with Crippen LogP contribution in [0.3, 0.4) is 0 Å². The Kier molecular flexibility index (Phi) is 3.99. The fourth-order valence-electron chi connectivity index (χ4n) is 2.04. The molecule has 1 N–H and O–H groups in total. The highest BCUT2D eigenvalue weighted by Gasteiger charge is 2.24. The summed E-state index contributed by atoms with van der Waals surface area (Å²) < 4.78 is 2.33. The minimum atomic E-state index is 0.613. The average molecular weight is 221 g/mol. The average Bonchev–Trinajstić information content (AvgIpc) is 3.03. The molecule has 1 aliphatic carbocycles. The van der Waals surface area contributed by atoms with Gasteiger partial charge in [-0.1, -0.05) is 19.8 Å². The number of nitrogens with one attached hydrogen (secondary N) is 1. The van der Waals surface area contributed by atoms with E-state index in [4.69, 9.17) is 0 Å². The fourth-order valence-corrected chi connectivity index (χ4v) is 2.04. The molecule has 1 unspecified atom stereocenters. The Morgan fingerprint density at radius 1 is 1.56 bits per heavy atom. The SMILES string of the molecule is CCCCC(C)NCc1cncn1C1CC1. The molecule has 0 bridgehead atoms. The molecule has 1 aliphatic rings. The standard InChI is InChI=1S/C13H23N3/c1-3-4-5-11(2)15-9-13-8-14-10-16(13)12-6-7-12/h8,10-12,15H,3-7,9H2,1-2H3. The third-order valence-electron chi connectivity index (χ3n) is 3.31. The number of hydrogen-bond acceptors (Lipinski definition) is 2. The molecule has 0 aliphatic heterocycles. The van der Waals surface area contributed by atoms with E-state index in [0.29, 0.717) is 6.04 Å². The summed E-state index contributed by atoms with van der Waals surface area (Å²) in [6, 6.07) is 1.35. The smallest absolute Gasteiger partial charge is 0.0951 e. The van der Waals surface area contributed by atoms with Crippen LogP contribution in [-0.4, -0.2) is 15.6 Å². The van der Waals surface area contributed by atoms with Gasteiger partial charge in [-0.3, -0.25) is 0 Å². The Bertz CT molecular complexity index is 315. The third kappa shape index (κ3) is 3.08. The summed E-state index contributed by atoms with van der Waals surface area (Å²) >= 11 is 0. The predicted octanol–water partition coefficient (Wildman–Crippen LogP) is 2.89. The third-order valence-corrected chi connectivity index (χ3v) is 3.31. The zero-order chi connectivity index (χ0) is 11.4. The van der Waals surface area contributed by atoms with Gasteiger partial charge in [0.25, 0.3) is 0 Å². The van der Waals surface area contributed by atoms with Crippen molar-refractivity contribution in [1.82, 2.24) is 14.9 Å². The van der Waals surface area contributed by atoms with Crippen LogP contribution in [0.2, 0.25) is 0 Å². The van der Waals surface area contributed by atoms with Crippen molar-refractivity contribution < 1.29 is 0 Å². The molecule has 3 nitrogen and oxygen atoms in total. The van der Waals surface area contributed by atoms with Gasteiger partial charge in [0.15, 0.2) is 0 Å². The van der Waals surface area contributed by atoms with Crippen molar-refractivity contribution in [3.05, 3.63) is 18.2 Å². The summed E-state index contributed by atoms with van der Waals surface area (Å²) in [7, 11) is 0. The van der Waals surface area contributed by atoms with Crippen LogP contribution in [0.25, 0.3) is 0 Å². The molecule has 0 radical (unpaired) electrons. The number of imidazole rings is 1. The van der Waals surface area contributed by atoms with Crippen molar-refractivity contribution in [1.29, 1.82) is 0 Å². The summed E-state index contributed by atoms with van der Waals surface area (Å²) in [6.07, 6.45) is 10.5. The van der Waals surface area contributed by atoms with Gasteiger partial charge in [-0.2, -0.15) is 0 Å². The lowest BCUT2D eigenvalue weighted by molar-refractivity contribution is 0.483. The van der Waals surface area contributed by atoms with Crippen LogP contribution in [0.5, 0.6) is 0 Å². The van der Waals surface area contributed by atoms with Gasteiger partial charge in [0.2, 0.25) is 0 Å². The molecule has 1 heterocycles. The topological polar surface area (TPSA) is 29.9 Å². The minimum absolute atomic E-state index is 0.613. The van der Waals surface area contributed by atoms with Crippen LogP contribution >= 0.6 is 0 Å². The molecule has 3 heteroatoms. The number of rotatable bonds is 7. The molecule has 2 rings (SSSR count). The molecule has 1 saturated carbocycles. The van der Waals surface area contributed by atoms with Gasteiger partial charge in [-0.25, -0.2) is 4.98 Å². The van der Waals surface area contributed by atoms with Crippen LogP contribution in [0.4, 0.5) is 0 Å². The Balaban J connectivity index is 1.77. The molecule has 90 valence electrons. The highest BCUT2D eigenvalue weighted by molar-refractivity contribution is 5.03. The second-order valence-corrected chi connectivity index (χ2v) is 4.95. The summed E-state index contributed by atoms with van der Waals surface area (Å²) in [4.78, 5) is 4.25. The van der Waals surface area contributed by atoms with Gasteiger partial charge in [0.05, 0.1) is 12.0 Å². The molecule has 1 aromatic heterocycles. The van der Waals surface area contributed by atoms with E-state index in [1.165, 1.54) is 37.8 Å². The van der Waals surface area contributed by atoms with Gasteiger partial charge in [0.1, 0.15) is 0 Å². The normalized spacial score (nSPS) is 17.6. The van der Waals surface area contributed by atoms with Crippen LogP contribution < -0.4 is 5.32 Å². The summed E-state index contributed by atoms with van der Waals surface area (Å²) in [5, 5.41) is 3.58. The Morgan fingerprint density at radius 3 is 3.06 bits per heavy atom. The van der Waals surface area contributed by atoms with E-state index in [1.807, 2.05) is 12.5 Å². The van der Waals surface area contributed by atoms with Gasteiger partial charge < -0.3 is 9.88 Å². The fraction of sp³-hybridized carbons (Fsp3) is 0.769. The van der Waals surface area contributed by atoms with E-state index in [1.54, 1.807) is 0 Å². The molecular formula is C13H23N3. The first-order valence-electron chi connectivity index (χ1n) is 6.55. The largest absolute Gasteiger partial charge is 0.330 e. The van der Waals surface area contributed by atoms with Crippen molar-refractivity contribution in [2.24, 2.45) is 0 Å². The second kappa shape index (κ2) is 5.48. The Morgan fingerprint density at radius 2 is 2.38 bits per heavy atom. The maximum atomic E-state index is 4.25. The minimum Gasteiger partial charge on any atom is -0.330 e. The van der Waals surface area contributed by atoms with E-state index < -0.39 is 0 Å². The Hall–Kier alpha value is -0.830. The molecular weight excluding hydrogens is 198 g/mol. The lowest BCUT2D eigenvalue weighted by Gasteiger charge is -2.14. The number of nitrogens with zero attached hydrogens (tertiary/aromatic N) is 2. The molecule has 0 amide bonds. The highest BCUT2D eigenvalue weighted by Crippen LogP contribution is 2.35. The second-order valence-electron chi connectivity index (χ2n) is 4.95. The van der Waals surface area contributed by atoms with Crippen molar-refractivity contribution in [3.63, 3.8) is 0 Å². The molecule has 0 aromatic carbocycles. The number of aromatic nitrogens is 2. The number of unbranched alkanes of at least 4 members (excludes halogenated alkanes) is 1. The summed E-state index contributed by atoms with van der Waals surface area (Å²) in [5.41, 5.74) is 1.34. The molecule has 0 spiro atoms. The highest BCUT2D eigenvalue weighted by atomic mass is 15.1. The van der Waals surface area contributed by atoms with Gasteiger partial charge in [-0.15, -0.1) is 0 Å². The summed E-state index contributed by atoms with van der Waals surface area (Å²) in [5.74, 6) is 0. The monoisotopic (exact) mass is 221 g/mol. The van der Waals surface area contributed by atoms with Crippen LogP contribution in [0.1, 0.15) is 57.7 Å². The molecule has 1 aromatic rings. The van der Waals surface area contributed by atoms with Crippen molar-refractivity contribution in [2.75, 3.05) is 0 Å². The van der Waals surface area contributed by atoms with Gasteiger partial charge in [-0.05, 0) is 26.2 Å². The lowest BCUT2D eigenvalue weighted by atomic mass is 10.1. The first-order chi connectivity index (χ1) is 7.81. The lowest BCUT2D eigenvalue weighted by Crippen LogP contribution is -2.26. The summed E-state index contributed by atoms with van der Waals surface area (Å²) in [6.45, 7) is 5.48. The molecule has 0 saturated heterocycles. The number of hydrogen-bond donors (Lipinski definition) is 1.